The summed E-state index contributed by atoms with van der Waals surface area (Å²) in [5, 5.41) is 3.29. The maximum absolute atomic E-state index is 13.1. The highest BCUT2D eigenvalue weighted by Crippen LogP contribution is 2.19. The second kappa shape index (κ2) is 3.96. The molecule has 1 aromatic carbocycles. The summed E-state index contributed by atoms with van der Waals surface area (Å²) in [5.74, 6) is 0.373. The molecule has 76 valence electrons. The summed E-state index contributed by atoms with van der Waals surface area (Å²) in [6.07, 6.45) is 2.06. The molecule has 0 bridgehead atoms. The average Bonchev–Trinajstić information content (AvgIpc) is 2.10. The van der Waals surface area contributed by atoms with Crippen molar-refractivity contribution in [1.29, 1.82) is 0 Å². The molecule has 0 saturated carbocycles. The molecule has 0 radical (unpaired) electrons. The van der Waals surface area contributed by atoms with E-state index in [1.165, 1.54) is 12.5 Å². The van der Waals surface area contributed by atoms with Crippen LogP contribution in [0, 0.1) is 5.82 Å². The molecule has 1 aromatic rings. The largest absolute Gasteiger partial charge is 0.497 e. The Hall–Kier alpha value is -1.09. The van der Waals surface area contributed by atoms with Crippen LogP contribution in [0.1, 0.15) is 12.0 Å². The molecule has 2 rings (SSSR count). The fourth-order valence-corrected chi connectivity index (χ4v) is 1.66. The van der Waals surface area contributed by atoms with Gasteiger partial charge in [-0.05, 0) is 37.1 Å². The summed E-state index contributed by atoms with van der Waals surface area (Å²) in [6, 6.07) is 5.38. The monoisotopic (exact) mass is 195 g/mol. The average molecular weight is 195 g/mol. The lowest BCUT2D eigenvalue weighted by Crippen LogP contribution is -2.44. The van der Waals surface area contributed by atoms with Gasteiger partial charge < -0.3 is 10.1 Å². The number of hydrogen-bond acceptors (Lipinski definition) is 2. The van der Waals surface area contributed by atoms with E-state index in [1.807, 2.05) is 6.07 Å². The SMILES string of the molecule is COc1cc(F)cc(CC2CCN2)c1. The highest BCUT2D eigenvalue weighted by molar-refractivity contribution is 5.30. The van der Waals surface area contributed by atoms with Crippen molar-refractivity contribution >= 4 is 0 Å². The minimum absolute atomic E-state index is 0.223. The zero-order chi connectivity index (χ0) is 9.97. The summed E-state index contributed by atoms with van der Waals surface area (Å²) in [5.41, 5.74) is 0.999. The molecular formula is C11H14FNO. The van der Waals surface area contributed by atoms with Gasteiger partial charge in [0.2, 0.25) is 0 Å². The fraction of sp³-hybridized carbons (Fsp3) is 0.455. The van der Waals surface area contributed by atoms with Crippen LogP contribution in [0.25, 0.3) is 0 Å². The van der Waals surface area contributed by atoms with E-state index in [0.717, 1.165) is 18.5 Å². The molecule has 1 unspecified atom stereocenters. The van der Waals surface area contributed by atoms with Crippen molar-refractivity contribution in [2.45, 2.75) is 18.9 Å². The van der Waals surface area contributed by atoms with Gasteiger partial charge in [0.05, 0.1) is 7.11 Å². The van der Waals surface area contributed by atoms with Crippen LogP contribution in [-0.2, 0) is 6.42 Å². The molecule has 1 aliphatic heterocycles. The molecule has 0 amide bonds. The normalized spacial score (nSPS) is 20.3. The second-order valence-electron chi connectivity index (χ2n) is 3.64. The molecule has 3 heteroatoms. The number of halogens is 1. The van der Waals surface area contributed by atoms with E-state index in [-0.39, 0.29) is 5.82 Å². The first-order chi connectivity index (χ1) is 6.78. The van der Waals surface area contributed by atoms with E-state index in [4.69, 9.17) is 4.74 Å². The third-order valence-electron chi connectivity index (χ3n) is 2.57. The highest BCUT2D eigenvalue weighted by Gasteiger charge is 2.17. The summed E-state index contributed by atoms with van der Waals surface area (Å²) in [7, 11) is 1.56. The molecular weight excluding hydrogens is 181 g/mol. The van der Waals surface area contributed by atoms with E-state index in [1.54, 1.807) is 13.2 Å². The predicted octanol–water partition coefficient (Wildman–Crippen LogP) is 1.74. The Kier molecular flexibility index (Phi) is 2.68. The van der Waals surface area contributed by atoms with Crippen molar-refractivity contribution in [1.82, 2.24) is 5.32 Å². The third kappa shape index (κ3) is 2.04. The van der Waals surface area contributed by atoms with Crippen molar-refractivity contribution in [3.8, 4) is 5.75 Å². The molecule has 1 N–H and O–H groups in total. The van der Waals surface area contributed by atoms with Crippen molar-refractivity contribution in [2.75, 3.05) is 13.7 Å². The minimum Gasteiger partial charge on any atom is -0.497 e. The van der Waals surface area contributed by atoms with Crippen LogP contribution >= 0.6 is 0 Å². The Morgan fingerprint density at radius 2 is 2.29 bits per heavy atom. The molecule has 1 atom stereocenters. The van der Waals surface area contributed by atoms with Crippen LogP contribution in [0.4, 0.5) is 4.39 Å². The van der Waals surface area contributed by atoms with Gasteiger partial charge in [-0.15, -0.1) is 0 Å². The topological polar surface area (TPSA) is 21.3 Å². The second-order valence-corrected chi connectivity index (χ2v) is 3.64. The van der Waals surface area contributed by atoms with Crippen LogP contribution in [0.5, 0.6) is 5.75 Å². The smallest absolute Gasteiger partial charge is 0.127 e. The van der Waals surface area contributed by atoms with Crippen molar-refractivity contribution in [3.05, 3.63) is 29.6 Å². The summed E-state index contributed by atoms with van der Waals surface area (Å²) < 4.78 is 18.1. The Balaban J connectivity index is 2.11. The maximum atomic E-state index is 13.1. The number of methoxy groups -OCH3 is 1. The van der Waals surface area contributed by atoms with Gasteiger partial charge in [0, 0.05) is 12.1 Å². The van der Waals surface area contributed by atoms with E-state index >= 15 is 0 Å². The Morgan fingerprint density at radius 1 is 1.50 bits per heavy atom. The van der Waals surface area contributed by atoms with Crippen LogP contribution in [-0.4, -0.2) is 19.7 Å². The van der Waals surface area contributed by atoms with Crippen molar-refractivity contribution in [2.24, 2.45) is 0 Å². The van der Waals surface area contributed by atoms with E-state index in [0.29, 0.717) is 11.8 Å². The number of benzene rings is 1. The van der Waals surface area contributed by atoms with Gasteiger partial charge in [0.25, 0.3) is 0 Å². The fourth-order valence-electron chi connectivity index (χ4n) is 1.66. The highest BCUT2D eigenvalue weighted by atomic mass is 19.1. The van der Waals surface area contributed by atoms with Gasteiger partial charge in [0.1, 0.15) is 11.6 Å². The first-order valence-electron chi connectivity index (χ1n) is 4.85. The lowest BCUT2D eigenvalue weighted by Gasteiger charge is -2.27. The van der Waals surface area contributed by atoms with Crippen LogP contribution in [0.2, 0.25) is 0 Å². The molecule has 1 heterocycles. The van der Waals surface area contributed by atoms with Gasteiger partial charge >= 0.3 is 0 Å². The number of nitrogens with one attached hydrogen (secondary N) is 1. The van der Waals surface area contributed by atoms with E-state index < -0.39 is 0 Å². The van der Waals surface area contributed by atoms with E-state index in [2.05, 4.69) is 5.32 Å². The van der Waals surface area contributed by atoms with Crippen LogP contribution < -0.4 is 10.1 Å². The lowest BCUT2D eigenvalue weighted by atomic mass is 9.98. The van der Waals surface area contributed by atoms with Crippen LogP contribution in [0.15, 0.2) is 18.2 Å². The maximum Gasteiger partial charge on any atom is 0.127 e. The number of ether oxygens (including phenoxy) is 1. The lowest BCUT2D eigenvalue weighted by molar-refractivity contribution is 0.367. The standard InChI is InChI=1S/C11H14FNO/c1-14-11-6-8(4-9(12)7-11)5-10-2-3-13-10/h4,6-7,10,13H,2-3,5H2,1H3. The summed E-state index contributed by atoms with van der Waals surface area (Å²) >= 11 is 0. The quantitative estimate of drug-likeness (QED) is 0.793. The third-order valence-corrected chi connectivity index (χ3v) is 2.57. The molecule has 1 fully saturated rings. The summed E-state index contributed by atoms with van der Waals surface area (Å²) in [4.78, 5) is 0. The first-order valence-corrected chi connectivity index (χ1v) is 4.85. The molecule has 1 aliphatic rings. The van der Waals surface area contributed by atoms with Crippen molar-refractivity contribution < 1.29 is 9.13 Å². The van der Waals surface area contributed by atoms with Gasteiger partial charge in [-0.3, -0.25) is 0 Å². The Bertz CT molecular complexity index is 323. The van der Waals surface area contributed by atoms with Gasteiger partial charge in [-0.1, -0.05) is 0 Å². The predicted molar refractivity (Wildman–Crippen MR) is 53.1 cm³/mol. The number of rotatable bonds is 3. The molecule has 0 aliphatic carbocycles. The van der Waals surface area contributed by atoms with Crippen LogP contribution in [0.3, 0.4) is 0 Å². The van der Waals surface area contributed by atoms with E-state index in [9.17, 15) is 4.39 Å². The molecule has 14 heavy (non-hydrogen) atoms. The zero-order valence-corrected chi connectivity index (χ0v) is 8.22. The first kappa shape index (κ1) is 9.46. The molecule has 0 spiro atoms. The Labute approximate surface area is 83.1 Å². The summed E-state index contributed by atoms with van der Waals surface area (Å²) in [6.45, 7) is 1.08. The number of hydrogen-bond donors (Lipinski definition) is 1. The zero-order valence-electron chi connectivity index (χ0n) is 8.22. The van der Waals surface area contributed by atoms with Gasteiger partial charge in [-0.25, -0.2) is 4.39 Å². The van der Waals surface area contributed by atoms with Gasteiger partial charge in [0.15, 0.2) is 0 Å². The van der Waals surface area contributed by atoms with Crippen molar-refractivity contribution in [3.63, 3.8) is 0 Å². The minimum atomic E-state index is -0.223. The Morgan fingerprint density at radius 3 is 2.86 bits per heavy atom. The molecule has 0 aromatic heterocycles. The molecule has 2 nitrogen and oxygen atoms in total. The van der Waals surface area contributed by atoms with Gasteiger partial charge in [-0.2, -0.15) is 0 Å². The molecule has 1 saturated heterocycles.